The summed E-state index contributed by atoms with van der Waals surface area (Å²) < 4.78 is 0. The van der Waals surface area contributed by atoms with Crippen LogP contribution in [0.25, 0.3) is 0 Å². The molecule has 1 fully saturated rings. The van der Waals surface area contributed by atoms with E-state index in [9.17, 15) is 4.79 Å². The zero-order valence-corrected chi connectivity index (χ0v) is 7.05. The average Bonchev–Trinajstić information content (AvgIpc) is 2.77. The van der Waals surface area contributed by atoms with Crippen molar-refractivity contribution in [1.29, 1.82) is 0 Å². The summed E-state index contributed by atoms with van der Waals surface area (Å²) in [5.41, 5.74) is 0. The number of rotatable bonds is 1. The van der Waals surface area contributed by atoms with E-state index >= 15 is 0 Å². The molecular formula is C8H13N3O. The quantitative estimate of drug-likeness (QED) is 0.578. The van der Waals surface area contributed by atoms with Crippen LogP contribution >= 0.6 is 0 Å². The molecule has 4 heteroatoms. The van der Waals surface area contributed by atoms with Crippen molar-refractivity contribution in [3.05, 3.63) is 0 Å². The number of amidine groups is 1. The van der Waals surface area contributed by atoms with E-state index in [2.05, 4.69) is 10.3 Å². The molecule has 4 nitrogen and oxygen atoms in total. The lowest BCUT2D eigenvalue weighted by Gasteiger charge is -2.14. The van der Waals surface area contributed by atoms with E-state index in [-0.39, 0.29) is 5.91 Å². The summed E-state index contributed by atoms with van der Waals surface area (Å²) in [4.78, 5) is 17.5. The van der Waals surface area contributed by atoms with Gasteiger partial charge in [-0.05, 0) is 12.8 Å². The van der Waals surface area contributed by atoms with Gasteiger partial charge in [0.25, 0.3) is 5.91 Å². The summed E-state index contributed by atoms with van der Waals surface area (Å²) in [6.07, 6.45) is 2.28. The molecule has 12 heavy (non-hydrogen) atoms. The molecule has 1 amide bonds. The minimum Gasteiger partial charge on any atom is -0.364 e. The van der Waals surface area contributed by atoms with Crippen LogP contribution in [0.1, 0.15) is 12.8 Å². The number of likely N-dealkylation sites (tertiary alicyclic amines) is 1. The van der Waals surface area contributed by atoms with Gasteiger partial charge in [0, 0.05) is 19.6 Å². The minimum atomic E-state index is 0.0880. The molecule has 2 rings (SSSR count). The topological polar surface area (TPSA) is 44.7 Å². The van der Waals surface area contributed by atoms with E-state index in [0.29, 0.717) is 5.84 Å². The Morgan fingerprint density at radius 3 is 2.75 bits per heavy atom. The highest BCUT2D eigenvalue weighted by Gasteiger charge is 2.23. The van der Waals surface area contributed by atoms with Gasteiger partial charge >= 0.3 is 0 Å². The Kier molecular flexibility index (Phi) is 1.98. The Morgan fingerprint density at radius 1 is 1.42 bits per heavy atom. The highest BCUT2D eigenvalue weighted by Crippen LogP contribution is 2.08. The monoisotopic (exact) mass is 167 g/mol. The molecule has 0 aromatic rings. The maximum atomic E-state index is 11.6. The first-order valence-electron chi connectivity index (χ1n) is 4.45. The number of nitrogens with one attached hydrogen (secondary N) is 1. The van der Waals surface area contributed by atoms with Crippen LogP contribution in [0.2, 0.25) is 0 Å². The first kappa shape index (κ1) is 7.58. The molecule has 0 radical (unpaired) electrons. The van der Waals surface area contributed by atoms with Crippen molar-refractivity contribution >= 4 is 11.7 Å². The molecule has 2 heterocycles. The molecule has 2 aliphatic heterocycles. The lowest BCUT2D eigenvalue weighted by atomic mass is 10.4. The molecule has 0 bridgehead atoms. The number of hydrogen-bond donors (Lipinski definition) is 1. The fraction of sp³-hybridized carbons (Fsp3) is 0.750. The molecule has 0 saturated carbocycles. The van der Waals surface area contributed by atoms with E-state index in [4.69, 9.17) is 0 Å². The number of amides is 1. The van der Waals surface area contributed by atoms with Crippen LogP contribution in [-0.2, 0) is 4.79 Å². The second-order valence-corrected chi connectivity index (χ2v) is 3.16. The van der Waals surface area contributed by atoms with E-state index in [1.807, 2.05) is 4.90 Å². The van der Waals surface area contributed by atoms with Gasteiger partial charge in [-0.2, -0.15) is 0 Å². The Morgan fingerprint density at radius 2 is 2.17 bits per heavy atom. The molecule has 0 aromatic heterocycles. The van der Waals surface area contributed by atoms with Crippen molar-refractivity contribution in [3.8, 4) is 0 Å². The fourth-order valence-electron chi connectivity index (χ4n) is 1.61. The van der Waals surface area contributed by atoms with Crippen LogP contribution in [0, 0.1) is 0 Å². The average molecular weight is 167 g/mol. The van der Waals surface area contributed by atoms with Crippen LogP contribution < -0.4 is 5.32 Å². The van der Waals surface area contributed by atoms with Crippen LogP contribution in [0.5, 0.6) is 0 Å². The second-order valence-electron chi connectivity index (χ2n) is 3.16. The summed E-state index contributed by atoms with van der Waals surface area (Å²) in [5, 5.41) is 2.99. The van der Waals surface area contributed by atoms with Gasteiger partial charge in [0.05, 0.1) is 6.54 Å². The molecule has 1 N–H and O–H groups in total. The molecule has 1 saturated heterocycles. The van der Waals surface area contributed by atoms with Crippen LogP contribution in [-0.4, -0.2) is 42.8 Å². The lowest BCUT2D eigenvalue weighted by Crippen LogP contribution is -2.39. The van der Waals surface area contributed by atoms with Gasteiger partial charge in [-0.15, -0.1) is 0 Å². The maximum Gasteiger partial charge on any atom is 0.288 e. The van der Waals surface area contributed by atoms with Gasteiger partial charge in [0.1, 0.15) is 0 Å². The van der Waals surface area contributed by atoms with Gasteiger partial charge in [-0.1, -0.05) is 0 Å². The zero-order valence-electron chi connectivity index (χ0n) is 7.05. The summed E-state index contributed by atoms with van der Waals surface area (Å²) >= 11 is 0. The van der Waals surface area contributed by atoms with E-state index in [1.54, 1.807) is 0 Å². The predicted octanol–water partition coefficient (Wildman–Crippen LogP) is -0.390. The van der Waals surface area contributed by atoms with Crippen molar-refractivity contribution < 1.29 is 4.79 Å². The fourth-order valence-corrected chi connectivity index (χ4v) is 1.61. The van der Waals surface area contributed by atoms with Crippen molar-refractivity contribution in [1.82, 2.24) is 10.2 Å². The number of aliphatic imine (C=N–C) groups is 1. The normalized spacial score (nSPS) is 22.3. The number of carbonyl (C=O) groups excluding carboxylic acids is 1. The van der Waals surface area contributed by atoms with E-state index < -0.39 is 0 Å². The van der Waals surface area contributed by atoms with Crippen molar-refractivity contribution in [3.63, 3.8) is 0 Å². The van der Waals surface area contributed by atoms with Crippen LogP contribution in [0.15, 0.2) is 4.99 Å². The molecule has 0 spiro atoms. The van der Waals surface area contributed by atoms with Crippen LogP contribution in [0.3, 0.4) is 0 Å². The second kappa shape index (κ2) is 3.13. The number of hydrogen-bond acceptors (Lipinski definition) is 3. The third-order valence-electron chi connectivity index (χ3n) is 2.27. The Hall–Kier alpha value is -1.06. The highest BCUT2D eigenvalue weighted by atomic mass is 16.2. The predicted molar refractivity (Wildman–Crippen MR) is 46.1 cm³/mol. The third kappa shape index (κ3) is 1.29. The Bertz CT molecular complexity index is 218. The number of nitrogens with zero attached hydrogens (tertiary/aromatic N) is 2. The summed E-state index contributed by atoms with van der Waals surface area (Å²) in [6.45, 7) is 3.36. The SMILES string of the molecule is O=C(C1=NCCN1)N1CCCC1. The zero-order chi connectivity index (χ0) is 8.39. The van der Waals surface area contributed by atoms with E-state index in [0.717, 1.165) is 39.0 Å². The maximum absolute atomic E-state index is 11.6. The largest absolute Gasteiger partial charge is 0.364 e. The molecule has 66 valence electrons. The first-order valence-corrected chi connectivity index (χ1v) is 4.45. The van der Waals surface area contributed by atoms with Gasteiger partial charge in [0.2, 0.25) is 0 Å². The van der Waals surface area contributed by atoms with E-state index in [1.165, 1.54) is 0 Å². The van der Waals surface area contributed by atoms with Gasteiger partial charge < -0.3 is 10.2 Å². The smallest absolute Gasteiger partial charge is 0.288 e. The molecule has 0 unspecified atom stereocenters. The van der Waals surface area contributed by atoms with Crippen molar-refractivity contribution in [2.45, 2.75) is 12.8 Å². The standard InChI is InChI=1S/C8H13N3O/c12-8(7-9-3-4-10-7)11-5-1-2-6-11/h1-6H2,(H,9,10). The molecular weight excluding hydrogens is 154 g/mol. The summed E-state index contributed by atoms with van der Waals surface area (Å²) in [6, 6.07) is 0. The van der Waals surface area contributed by atoms with Crippen LogP contribution in [0.4, 0.5) is 0 Å². The highest BCUT2D eigenvalue weighted by molar-refractivity contribution is 6.38. The Balaban J connectivity index is 1.98. The number of carbonyl (C=O) groups is 1. The molecule has 2 aliphatic rings. The summed E-state index contributed by atoms with van der Waals surface area (Å²) in [5.74, 6) is 0.655. The molecule has 0 aromatic carbocycles. The third-order valence-corrected chi connectivity index (χ3v) is 2.27. The van der Waals surface area contributed by atoms with Crippen molar-refractivity contribution in [2.24, 2.45) is 4.99 Å². The first-order chi connectivity index (χ1) is 5.88. The lowest BCUT2D eigenvalue weighted by molar-refractivity contribution is -0.123. The van der Waals surface area contributed by atoms with Gasteiger partial charge in [0.15, 0.2) is 5.84 Å². The van der Waals surface area contributed by atoms with Gasteiger partial charge in [-0.25, -0.2) is 0 Å². The molecule has 0 atom stereocenters. The minimum absolute atomic E-state index is 0.0880. The van der Waals surface area contributed by atoms with Crippen molar-refractivity contribution in [2.75, 3.05) is 26.2 Å². The summed E-state index contributed by atoms with van der Waals surface area (Å²) in [7, 11) is 0. The molecule has 0 aliphatic carbocycles. The van der Waals surface area contributed by atoms with Gasteiger partial charge in [-0.3, -0.25) is 9.79 Å². The Labute approximate surface area is 71.6 Å².